The number of nitrogens with one attached hydrogen (secondary N) is 2. The van der Waals surface area contributed by atoms with Crippen LogP contribution in [0.1, 0.15) is 49.6 Å². The summed E-state index contributed by atoms with van der Waals surface area (Å²) in [6.45, 7) is 2.70. The van der Waals surface area contributed by atoms with Gasteiger partial charge in [0.1, 0.15) is 0 Å². The standard InChI is InChI=1S/C15H22N2O3/c1-11-6-7-12(10-11)17-14(18)5-2-8-16-15(19)13-4-3-9-20-13/h3-4,9,11-12H,2,5-8,10H2,1H3,(H,16,19)(H,17,18). The van der Waals surface area contributed by atoms with Gasteiger partial charge in [0.25, 0.3) is 5.91 Å². The van der Waals surface area contributed by atoms with Gasteiger partial charge in [-0.1, -0.05) is 6.92 Å². The Morgan fingerprint density at radius 1 is 1.40 bits per heavy atom. The van der Waals surface area contributed by atoms with Crippen LogP contribution in [0.5, 0.6) is 0 Å². The first-order valence-electron chi connectivity index (χ1n) is 7.26. The third-order valence-corrected chi connectivity index (χ3v) is 3.67. The fourth-order valence-corrected chi connectivity index (χ4v) is 2.58. The van der Waals surface area contributed by atoms with E-state index in [9.17, 15) is 9.59 Å². The van der Waals surface area contributed by atoms with Crippen molar-refractivity contribution < 1.29 is 14.0 Å². The van der Waals surface area contributed by atoms with Gasteiger partial charge in [-0.3, -0.25) is 9.59 Å². The second kappa shape index (κ2) is 7.12. The van der Waals surface area contributed by atoms with Gasteiger partial charge in [-0.15, -0.1) is 0 Å². The topological polar surface area (TPSA) is 71.3 Å². The van der Waals surface area contributed by atoms with Crippen molar-refractivity contribution in [1.29, 1.82) is 0 Å². The molecular formula is C15H22N2O3. The maximum atomic E-state index is 11.7. The molecule has 1 aliphatic rings. The van der Waals surface area contributed by atoms with Gasteiger partial charge in [0, 0.05) is 19.0 Å². The molecule has 0 saturated heterocycles. The van der Waals surface area contributed by atoms with Crippen LogP contribution in [0.4, 0.5) is 0 Å². The molecule has 2 rings (SSSR count). The number of amides is 2. The lowest BCUT2D eigenvalue weighted by atomic mass is 10.1. The third-order valence-electron chi connectivity index (χ3n) is 3.67. The van der Waals surface area contributed by atoms with E-state index in [1.54, 1.807) is 12.1 Å². The molecule has 20 heavy (non-hydrogen) atoms. The van der Waals surface area contributed by atoms with Gasteiger partial charge >= 0.3 is 0 Å². The van der Waals surface area contributed by atoms with Crippen molar-refractivity contribution in [1.82, 2.24) is 10.6 Å². The van der Waals surface area contributed by atoms with Gasteiger partial charge in [-0.05, 0) is 43.7 Å². The van der Waals surface area contributed by atoms with E-state index >= 15 is 0 Å². The highest BCUT2D eigenvalue weighted by molar-refractivity contribution is 5.91. The Labute approximate surface area is 119 Å². The van der Waals surface area contributed by atoms with Crippen LogP contribution in [-0.4, -0.2) is 24.4 Å². The zero-order valence-corrected chi connectivity index (χ0v) is 11.9. The van der Waals surface area contributed by atoms with E-state index in [4.69, 9.17) is 4.42 Å². The zero-order chi connectivity index (χ0) is 14.4. The van der Waals surface area contributed by atoms with Crippen molar-refractivity contribution in [3.8, 4) is 0 Å². The molecule has 1 heterocycles. The highest BCUT2D eigenvalue weighted by Crippen LogP contribution is 2.24. The highest BCUT2D eigenvalue weighted by Gasteiger charge is 2.22. The molecule has 0 aromatic carbocycles. The predicted molar refractivity (Wildman–Crippen MR) is 75.2 cm³/mol. The van der Waals surface area contributed by atoms with Crippen LogP contribution < -0.4 is 10.6 Å². The van der Waals surface area contributed by atoms with E-state index in [-0.39, 0.29) is 11.8 Å². The van der Waals surface area contributed by atoms with E-state index in [1.165, 1.54) is 12.7 Å². The van der Waals surface area contributed by atoms with E-state index < -0.39 is 0 Å². The Bertz CT molecular complexity index is 442. The van der Waals surface area contributed by atoms with Gasteiger partial charge in [0.15, 0.2) is 5.76 Å². The van der Waals surface area contributed by atoms with Crippen LogP contribution in [0.2, 0.25) is 0 Å². The summed E-state index contributed by atoms with van der Waals surface area (Å²) in [5, 5.41) is 5.78. The summed E-state index contributed by atoms with van der Waals surface area (Å²) in [7, 11) is 0. The molecule has 1 fully saturated rings. The smallest absolute Gasteiger partial charge is 0.286 e. The summed E-state index contributed by atoms with van der Waals surface area (Å²) in [5.41, 5.74) is 0. The molecule has 1 aliphatic carbocycles. The van der Waals surface area contributed by atoms with Crippen molar-refractivity contribution in [2.75, 3.05) is 6.54 Å². The van der Waals surface area contributed by atoms with Crippen LogP contribution in [0.3, 0.4) is 0 Å². The maximum Gasteiger partial charge on any atom is 0.286 e. The van der Waals surface area contributed by atoms with Crippen molar-refractivity contribution in [2.45, 2.75) is 45.1 Å². The average molecular weight is 278 g/mol. The van der Waals surface area contributed by atoms with Gasteiger partial charge in [0.05, 0.1) is 6.26 Å². The monoisotopic (exact) mass is 278 g/mol. The summed E-state index contributed by atoms with van der Waals surface area (Å²) in [6.07, 6.45) is 5.92. The Hall–Kier alpha value is -1.78. The van der Waals surface area contributed by atoms with Crippen LogP contribution in [-0.2, 0) is 4.79 Å². The minimum absolute atomic E-state index is 0.0800. The van der Waals surface area contributed by atoms with Gasteiger partial charge < -0.3 is 15.1 Å². The summed E-state index contributed by atoms with van der Waals surface area (Å²) in [4.78, 5) is 23.3. The minimum Gasteiger partial charge on any atom is -0.459 e. The Morgan fingerprint density at radius 2 is 2.25 bits per heavy atom. The normalized spacial score (nSPS) is 21.6. The Morgan fingerprint density at radius 3 is 2.90 bits per heavy atom. The molecule has 1 saturated carbocycles. The summed E-state index contributed by atoms with van der Waals surface area (Å²) in [5.74, 6) is 0.860. The van der Waals surface area contributed by atoms with Crippen LogP contribution >= 0.6 is 0 Å². The van der Waals surface area contributed by atoms with Gasteiger partial charge in [0.2, 0.25) is 5.91 Å². The van der Waals surface area contributed by atoms with E-state index in [2.05, 4.69) is 17.6 Å². The summed E-state index contributed by atoms with van der Waals surface area (Å²) < 4.78 is 4.98. The van der Waals surface area contributed by atoms with Crippen LogP contribution in [0, 0.1) is 5.92 Å². The quantitative estimate of drug-likeness (QED) is 0.783. The largest absolute Gasteiger partial charge is 0.459 e. The third kappa shape index (κ3) is 4.40. The zero-order valence-electron chi connectivity index (χ0n) is 11.9. The van der Waals surface area contributed by atoms with Crippen LogP contribution in [0.25, 0.3) is 0 Å². The summed E-state index contributed by atoms with van der Waals surface area (Å²) >= 11 is 0. The molecular weight excluding hydrogens is 256 g/mol. The van der Waals surface area contributed by atoms with Gasteiger partial charge in [-0.2, -0.15) is 0 Å². The van der Waals surface area contributed by atoms with Crippen molar-refractivity contribution in [3.63, 3.8) is 0 Å². The van der Waals surface area contributed by atoms with Crippen LogP contribution in [0.15, 0.2) is 22.8 Å². The lowest BCUT2D eigenvalue weighted by Crippen LogP contribution is -2.33. The summed E-state index contributed by atoms with van der Waals surface area (Å²) in [6, 6.07) is 3.63. The lowest BCUT2D eigenvalue weighted by Gasteiger charge is -2.12. The molecule has 5 nitrogen and oxygen atoms in total. The number of carbonyl (C=O) groups excluding carboxylic acids is 2. The number of hydrogen-bond donors (Lipinski definition) is 2. The molecule has 5 heteroatoms. The first-order chi connectivity index (χ1) is 9.65. The lowest BCUT2D eigenvalue weighted by molar-refractivity contribution is -0.121. The molecule has 110 valence electrons. The first kappa shape index (κ1) is 14.6. The molecule has 2 amide bonds. The second-order valence-electron chi connectivity index (χ2n) is 5.52. The molecule has 1 aromatic rings. The molecule has 0 aliphatic heterocycles. The molecule has 0 spiro atoms. The fourth-order valence-electron chi connectivity index (χ4n) is 2.58. The Kier molecular flexibility index (Phi) is 5.21. The molecule has 2 N–H and O–H groups in total. The fraction of sp³-hybridized carbons (Fsp3) is 0.600. The van der Waals surface area contributed by atoms with E-state index in [1.807, 2.05) is 0 Å². The SMILES string of the molecule is CC1CCC(NC(=O)CCCNC(=O)c2ccco2)C1. The molecule has 1 aromatic heterocycles. The van der Waals surface area contributed by atoms with Crippen molar-refractivity contribution in [2.24, 2.45) is 5.92 Å². The van der Waals surface area contributed by atoms with E-state index in [0.29, 0.717) is 37.1 Å². The molecule has 0 radical (unpaired) electrons. The number of furan rings is 1. The highest BCUT2D eigenvalue weighted by atomic mass is 16.3. The number of rotatable bonds is 6. The van der Waals surface area contributed by atoms with Crippen molar-refractivity contribution in [3.05, 3.63) is 24.2 Å². The Balaban J connectivity index is 1.56. The number of carbonyl (C=O) groups is 2. The average Bonchev–Trinajstić information content (AvgIpc) is 3.06. The minimum atomic E-state index is -0.236. The number of hydrogen-bond acceptors (Lipinski definition) is 3. The predicted octanol–water partition coefficient (Wildman–Crippen LogP) is 2.09. The molecule has 2 atom stereocenters. The first-order valence-corrected chi connectivity index (χ1v) is 7.26. The second-order valence-corrected chi connectivity index (χ2v) is 5.52. The maximum absolute atomic E-state index is 11.7. The molecule has 2 unspecified atom stereocenters. The van der Waals surface area contributed by atoms with Crippen molar-refractivity contribution >= 4 is 11.8 Å². The van der Waals surface area contributed by atoms with E-state index in [0.717, 1.165) is 12.8 Å². The van der Waals surface area contributed by atoms with Gasteiger partial charge in [-0.25, -0.2) is 0 Å². The molecule has 0 bridgehead atoms.